The van der Waals surface area contributed by atoms with Gasteiger partial charge in [-0.2, -0.15) is 0 Å². The minimum absolute atomic E-state index is 0.0322. The van der Waals surface area contributed by atoms with Gasteiger partial charge in [0.2, 0.25) is 0 Å². The second kappa shape index (κ2) is 9.25. The third-order valence-corrected chi connectivity index (χ3v) is 8.58. The van der Waals surface area contributed by atoms with E-state index < -0.39 is 0 Å². The number of hydrogen-bond acceptors (Lipinski definition) is 1. The quantitative estimate of drug-likeness (QED) is 0.233. The summed E-state index contributed by atoms with van der Waals surface area (Å²) in [6.45, 7) is 6.10. The van der Waals surface area contributed by atoms with Crippen LogP contribution < -0.4 is 5.73 Å². The van der Waals surface area contributed by atoms with Gasteiger partial charge in [0.05, 0.1) is 5.69 Å². The summed E-state index contributed by atoms with van der Waals surface area (Å²) < 4.78 is 2.56. The van der Waals surface area contributed by atoms with Gasteiger partial charge >= 0.3 is 0 Å². The zero-order valence-corrected chi connectivity index (χ0v) is 22.9. The molecule has 0 spiro atoms. The number of hydrogen-bond donors (Lipinski definition) is 1. The highest BCUT2D eigenvalue weighted by atomic mass is 15.0. The molecule has 4 aromatic carbocycles. The van der Waals surface area contributed by atoms with Crippen LogP contribution in [0.3, 0.4) is 0 Å². The van der Waals surface area contributed by atoms with Gasteiger partial charge in [-0.15, -0.1) is 0 Å². The molecule has 3 aliphatic rings. The predicted molar refractivity (Wildman–Crippen MR) is 168 cm³/mol. The van der Waals surface area contributed by atoms with E-state index in [0.717, 1.165) is 12.8 Å². The fourth-order valence-corrected chi connectivity index (χ4v) is 7.05. The Bertz CT molecular complexity index is 1860. The molecule has 2 atom stereocenters. The van der Waals surface area contributed by atoms with Crippen LogP contribution >= 0.6 is 0 Å². The molecule has 0 radical (unpaired) electrons. The molecular weight excluding hydrogens is 472 g/mol. The van der Waals surface area contributed by atoms with Crippen LogP contribution in [0.2, 0.25) is 0 Å². The van der Waals surface area contributed by atoms with Gasteiger partial charge in [0.15, 0.2) is 0 Å². The van der Waals surface area contributed by atoms with Crippen molar-refractivity contribution in [2.75, 3.05) is 0 Å². The standard InChI is InChI=1S/C35H28N2.C2H6/c1-2-8-27-30(36)19-17-26-23-11-5-6-14-31(23)37(35(26)27)32-20-18-29-33-22-10-4-3-9-21(22)15-16-25(33)24-12-7-13-28(32)34(24)29;1-2/h2-5,7-13,15-20,27,30H,6,14,36H2,1H3;1-2H3/b8-2-;. The highest BCUT2D eigenvalue weighted by molar-refractivity contribution is 6.22. The van der Waals surface area contributed by atoms with E-state index in [-0.39, 0.29) is 12.0 Å². The van der Waals surface area contributed by atoms with Crippen molar-refractivity contribution < 1.29 is 0 Å². The number of allylic oxidation sites excluding steroid dienone is 2. The Morgan fingerprint density at radius 2 is 1.64 bits per heavy atom. The fraction of sp³-hybridized carbons (Fsp3) is 0.189. The van der Waals surface area contributed by atoms with Gasteiger partial charge in [0.25, 0.3) is 0 Å². The van der Waals surface area contributed by atoms with Crippen molar-refractivity contribution in [2.24, 2.45) is 5.73 Å². The number of nitrogens with two attached hydrogens (primary N) is 1. The van der Waals surface area contributed by atoms with Gasteiger partial charge in [0.1, 0.15) is 0 Å². The summed E-state index contributed by atoms with van der Waals surface area (Å²) in [7, 11) is 0. The van der Waals surface area contributed by atoms with E-state index in [9.17, 15) is 0 Å². The molecule has 3 aliphatic carbocycles. The number of nitrogens with zero attached hydrogens (tertiary/aromatic N) is 1. The van der Waals surface area contributed by atoms with Crippen molar-refractivity contribution in [2.45, 2.75) is 45.6 Å². The summed E-state index contributed by atoms with van der Waals surface area (Å²) in [5.41, 5.74) is 18.8. The van der Waals surface area contributed by atoms with E-state index in [1.165, 1.54) is 72.0 Å². The van der Waals surface area contributed by atoms with E-state index in [0.29, 0.717) is 0 Å². The van der Waals surface area contributed by atoms with Gasteiger partial charge in [-0.1, -0.05) is 111 Å². The smallest absolute Gasteiger partial charge is 0.0535 e. The molecule has 1 heterocycles. The molecule has 39 heavy (non-hydrogen) atoms. The van der Waals surface area contributed by atoms with Crippen molar-refractivity contribution in [3.63, 3.8) is 0 Å². The van der Waals surface area contributed by atoms with Crippen molar-refractivity contribution in [1.82, 2.24) is 4.57 Å². The Hall–Kier alpha value is -4.14. The largest absolute Gasteiger partial charge is 0.324 e. The Balaban J connectivity index is 0.00000124. The lowest BCUT2D eigenvalue weighted by molar-refractivity contribution is 0.671. The molecule has 0 saturated carbocycles. The minimum Gasteiger partial charge on any atom is -0.324 e. The zero-order chi connectivity index (χ0) is 26.7. The molecule has 0 saturated heterocycles. The van der Waals surface area contributed by atoms with Gasteiger partial charge in [-0.3, -0.25) is 0 Å². The van der Waals surface area contributed by atoms with Gasteiger partial charge in [-0.25, -0.2) is 0 Å². The van der Waals surface area contributed by atoms with E-state index in [1.54, 1.807) is 0 Å². The summed E-state index contributed by atoms with van der Waals surface area (Å²) in [5, 5.41) is 5.30. The van der Waals surface area contributed by atoms with Crippen molar-refractivity contribution in [1.29, 1.82) is 0 Å². The predicted octanol–water partition coefficient (Wildman–Crippen LogP) is 9.43. The lowest BCUT2D eigenvalue weighted by Crippen LogP contribution is -2.29. The molecule has 5 aromatic rings. The molecule has 0 fully saturated rings. The number of aromatic nitrogens is 1. The second-order valence-corrected chi connectivity index (χ2v) is 10.5. The number of rotatable bonds is 2. The average molecular weight is 507 g/mol. The van der Waals surface area contributed by atoms with Gasteiger partial charge in [-0.05, 0) is 64.2 Å². The highest BCUT2D eigenvalue weighted by Crippen LogP contribution is 2.52. The van der Waals surface area contributed by atoms with E-state index in [4.69, 9.17) is 5.73 Å². The first-order valence-electron chi connectivity index (χ1n) is 14.4. The first kappa shape index (κ1) is 23.9. The summed E-state index contributed by atoms with van der Waals surface area (Å²) in [4.78, 5) is 0. The molecule has 2 nitrogen and oxygen atoms in total. The molecule has 1 aromatic heterocycles. The van der Waals surface area contributed by atoms with Crippen LogP contribution in [0, 0.1) is 0 Å². The summed E-state index contributed by atoms with van der Waals surface area (Å²) in [6.07, 6.45) is 15.6. The lowest BCUT2D eigenvalue weighted by Gasteiger charge is -2.26. The molecule has 0 aliphatic heterocycles. The second-order valence-electron chi connectivity index (χ2n) is 10.5. The SMILES string of the molecule is C/C=C\C1c2c(c3c(n2-c2ccc4c5c(cccc25)-c2ccc5ccccc5c2-4)CCC=C3)C=CC1N.CC. The highest BCUT2D eigenvalue weighted by Gasteiger charge is 2.33. The maximum absolute atomic E-state index is 6.70. The van der Waals surface area contributed by atoms with E-state index >= 15 is 0 Å². The lowest BCUT2D eigenvalue weighted by atomic mass is 9.86. The summed E-state index contributed by atoms with van der Waals surface area (Å²) >= 11 is 0. The maximum Gasteiger partial charge on any atom is 0.0535 e. The van der Waals surface area contributed by atoms with E-state index in [1.807, 2.05) is 13.8 Å². The molecular formula is C37H34N2. The van der Waals surface area contributed by atoms with Crippen LogP contribution in [0.15, 0.2) is 91.0 Å². The minimum atomic E-state index is -0.0322. The Morgan fingerprint density at radius 1 is 0.821 bits per heavy atom. The van der Waals surface area contributed by atoms with Crippen LogP contribution in [0.5, 0.6) is 0 Å². The normalized spacial score (nSPS) is 18.3. The van der Waals surface area contributed by atoms with Crippen molar-refractivity contribution in [3.8, 4) is 27.9 Å². The van der Waals surface area contributed by atoms with Crippen LogP contribution in [0.1, 0.15) is 55.6 Å². The molecule has 2 unspecified atom stereocenters. The molecule has 192 valence electrons. The number of fused-ring (bicyclic) bond motifs is 8. The first-order chi connectivity index (χ1) is 19.3. The molecule has 0 amide bonds. The van der Waals surface area contributed by atoms with Crippen LogP contribution in [-0.4, -0.2) is 10.6 Å². The molecule has 2 heteroatoms. The average Bonchev–Trinajstić information content (AvgIpc) is 3.50. The van der Waals surface area contributed by atoms with Crippen LogP contribution in [0.25, 0.3) is 61.6 Å². The zero-order valence-electron chi connectivity index (χ0n) is 22.9. The summed E-state index contributed by atoms with van der Waals surface area (Å²) in [6, 6.07) is 24.9. The van der Waals surface area contributed by atoms with Crippen molar-refractivity contribution >= 4 is 33.7 Å². The maximum atomic E-state index is 6.70. The van der Waals surface area contributed by atoms with Gasteiger partial charge < -0.3 is 10.3 Å². The van der Waals surface area contributed by atoms with Gasteiger partial charge in [0, 0.05) is 39.9 Å². The van der Waals surface area contributed by atoms with Crippen LogP contribution in [0.4, 0.5) is 0 Å². The molecule has 2 N–H and O–H groups in total. The Morgan fingerprint density at radius 3 is 2.51 bits per heavy atom. The first-order valence-corrected chi connectivity index (χ1v) is 14.4. The molecule has 8 rings (SSSR count). The Labute approximate surface area is 230 Å². The summed E-state index contributed by atoms with van der Waals surface area (Å²) in [5.74, 6) is 0.146. The third-order valence-electron chi connectivity index (χ3n) is 8.58. The fourth-order valence-electron chi connectivity index (χ4n) is 7.05. The van der Waals surface area contributed by atoms with Crippen molar-refractivity contribution in [3.05, 3.63) is 114 Å². The van der Waals surface area contributed by atoms with E-state index in [2.05, 4.69) is 115 Å². The number of benzene rings is 4. The third kappa shape index (κ3) is 3.31. The Kier molecular flexibility index (Phi) is 5.68. The molecule has 0 bridgehead atoms. The van der Waals surface area contributed by atoms with Crippen LogP contribution in [-0.2, 0) is 6.42 Å². The monoisotopic (exact) mass is 506 g/mol. The topological polar surface area (TPSA) is 30.9 Å².